The molecule has 0 fully saturated rings. The molecule has 0 aromatic rings. The van der Waals surface area contributed by atoms with E-state index in [1.54, 1.807) is 18.0 Å². The van der Waals surface area contributed by atoms with Gasteiger partial charge in [-0.2, -0.15) is 0 Å². The summed E-state index contributed by atoms with van der Waals surface area (Å²) in [5.41, 5.74) is 2.69. The second kappa shape index (κ2) is 5.96. The van der Waals surface area contributed by atoms with Gasteiger partial charge in [-0.25, -0.2) is 0 Å². The Hall–Kier alpha value is -2.08. The smallest absolute Gasteiger partial charge is 0.303 e. The molecule has 0 aromatic carbocycles. The summed E-state index contributed by atoms with van der Waals surface area (Å²) in [5, 5.41) is 11.4. The van der Waals surface area contributed by atoms with E-state index in [1.807, 2.05) is 24.3 Å². The number of allylic oxidation sites excluding steroid dienone is 4. The van der Waals surface area contributed by atoms with Gasteiger partial charge in [0.25, 0.3) is 0 Å². The average molecular weight is 316 g/mol. The second-order valence-electron chi connectivity index (χ2n) is 5.22. The van der Waals surface area contributed by atoms with E-state index in [-0.39, 0.29) is 17.1 Å². The van der Waals surface area contributed by atoms with E-state index in [1.165, 1.54) is 0 Å². The zero-order valence-corrected chi connectivity index (χ0v) is 12.7. The maximum absolute atomic E-state index is 12.4. The Morgan fingerprint density at radius 2 is 2.23 bits per heavy atom. The fraction of sp³-hybridized carbons (Fsp3) is 0.312. The number of thioether (sulfide) groups is 1. The van der Waals surface area contributed by atoms with Crippen LogP contribution >= 0.6 is 11.8 Å². The highest BCUT2D eigenvalue weighted by atomic mass is 32.2. The largest absolute Gasteiger partial charge is 0.481 e. The van der Waals surface area contributed by atoms with Crippen molar-refractivity contribution in [3.63, 3.8) is 0 Å². The monoisotopic (exact) mass is 316 g/mol. The molecular weight excluding hydrogens is 300 g/mol. The number of aliphatic imine (C=N–C) groups is 1. The van der Waals surface area contributed by atoms with Crippen LogP contribution in [0.4, 0.5) is 0 Å². The number of hydrogen-bond donors (Lipinski definition) is 2. The highest BCUT2D eigenvalue weighted by molar-refractivity contribution is 8.02. The minimum atomic E-state index is -0.846. The Morgan fingerprint density at radius 1 is 1.36 bits per heavy atom. The van der Waals surface area contributed by atoms with E-state index in [9.17, 15) is 9.59 Å². The molecule has 2 aliphatic heterocycles. The fourth-order valence-electron chi connectivity index (χ4n) is 2.75. The van der Waals surface area contributed by atoms with Crippen molar-refractivity contribution in [3.8, 4) is 0 Å². The van der Waals surface area contributed by atoms with Gasteiger partial charge in [-0.15, -0.1) is 11.8 Å². The lowest BCUT2D eigenvalue weighted by molar-refractivity contribution is -0.137. The van der Waals surface area contributed by atoms with E-state index >= 15 is 0 Å². The Bertz CT molecular complexity index is 673. The Balaban J connectivity index is 1.75. The van der Waals surface area contributed by atoms with Crippen LogP contribution in [0, 0.1) is 0 Å². The molecule has 0 aromatic heterocycles. The van der Waals surface area contributed by atoms with Crippen LogP contribution < -0.4 is 5.32 Å². The molecule has 0 bridgehead atoms. The van der Waals surface area contributed by atoms with Crippen LogP contribution in [0.2, 0.25) is 0 Å². The third-order valence-electron chi connectivity index (χ3n) is 3.83. The summed E-state index contributed by atoms with van der Waals surface area (Å²) in [6, 6.07) is 0. The number of nitrogens with one attached hydrogen (secondary N) is 1. The lowest BCUT2D eigenvalue weighted by Crippen LogP contribution is -2.35. The van der Waals surface area contributed by atoms with E-state index in [4.69, 9.17) is 5.11 Å². The molecule has 6 heteroatoms. The van der Waals surface area contributed by atoms with Crippen molar-refractivity contribution >= 4 is 29.4 Å². The van der Waals surface area contributed by atoms with Crippen LogP contribution in [0.5, 0.6) is 0 Å². The molecule has 1 aliphatic carbocycles. The van der Waals surface area contributed by atoms with Crippen molar-refractivity contribution in [2.24, 2.45) is 4.99 Å². The number of carbonyl (C=O) groups is 2. The number of hydrogen-bond acceptors (Lipinski definition) is 4. The number of carbonyl (C=O) groups excluding carboxylic acids is 1. The van der Waals surface area contributed by atoms with Crippen LogP contribution in [0.15, 0.2) is 52.7 Å². The van der Waals surface area contributed by atoms with Crippen LogP contribution in [0.3, 0.4) is 0 Å². The summed E-state index contributed by atoms with van der Waals surface area (Å²) >= 11 is 1.69. The zero-order valence-electron chi connectivity index (χ0n) is 11.9. The van der Waals surface area contributed by atoms with Gasteiger partial charge in [0.1, 0.15) is 4.75 Å². The summed E-state index contributed by atoms with van der Waals surface area (Å²) in [6.45, 7) is 0.375. The summed E-state index contributed by atoms with van der Waals surface area (Å²) < 4.78 is -0.336. The predicted octanol–water partition coefficient (Wildman–Crippen LogP) is 1.84. The van der Waals surface area contributed by atoms with Gasteiger partial charge >= 0.3 is 5.97 Å². The Kier molecular flexibility index (Phi) is 4.02. The Labute approximate surface area is 132 Å². The molecule has 3 aliphatic rings. The highest BCUT2D eigenvalue weighted by Crippen LogP contribution is 2.48. The molecule has 0 saturated heterocycles. The first-order valence-corrected chi connectivity index (χ1v) is 8.10. The first kappa shape index (κ1) is 14.8. The molecule has 0 radical (unpaired) electrons. The van der Waals surface area contributed by atoms with Crippen LogP contribution in [-0.2, 0) is 9.59 Å². The summed E-state index contributed by atoms with van der Waals surface area (Å²) in [4.78, 5) is 27.3. The first-order valence-electron chi connectivity index (χ1n) is 7.12. The molecular formula is C16H16N2O3S. The van der Waals surface area contributed by atoms with Crippen molar-refractivity contribution in [2.45, 2.75) is 17.6 Å². The Morgan fingerprint density at radius 3 is 3.05 bits per heavy atom. The number of amides is 1. The van der Waals surface area contributed by atoms with Gasteiger partial charge in [0, 0.05) is 30.5 Å². The second-order valence-corrected chi connectivity index (χ2v) is 6.44. The predicted molar refractivity (Wildman–Crippen MR) is 86.9 cm³/mol. The summed E-state index contributed by atoms with van der Waals surface area (Å²) in [7, 11) is 0. The quantitative estimate of drug-likeness (QED) is 0.759. The van der Waals surface area contributed by atoms with Crippen molar-refractivity contribution in [2.75, 3.05) is 12.3 Å². The normalized spacial score (nSPS) is 24.8. The van der Waals surface area contributed by atoms with Gasteiger partial charge in [-0.1, -0.05) is 18.2 Å². The molecule has 5 nitrogen and oxygen atoms in total. The molecule has 1 spiro atoms. The maximum Gasteiger partial charge on any atom is 0.303 e. The van der Waals surface area contributed by atoms with Crippen LogP contribution in [0.25, 0.3) is 0 Å². The third kappa shape index (κ3) is 2.54. The SMILES string of the molecule is O=C(O)CCCNC(=O)C1=C2C=CN=C3C=CC=CC32SC1. The summed E-state index contributed by atoms with van der Waals surface area (Å²) in [5.74, 6) is -0.331. The van der Waals surface area contributed by atoms with Crippen LogP contribution in [-0.4, -0.2) is 39.7 Å². The third-order valence-corrected chi connectivity index (χ3v) is 5.28. The average Bonchev–Trinajstić information content (AvgIpc) is 2.89. The van der Waals surface area contributed by atoms with Gasteiger partial charge in [-0.05, 0) is 24.1 Å². The molecule has 1 unspecified atom stereocenters. The van der Waals surface area contributed by atoms with Crippen molar-refractivity contribution in [1.82, 2.24) is 5.32 Å². The minimum absolute atomic E-state index is 0.0646. The van der Waals surface area contributed by atoms with Gasteiger partial charge in [0.05, 0.1) is 5.71 Å². The number of rotatable bonds is 5. The van der Waals surface area contributed by atoms with E-state index in [2.05, 4.69) is 16.4 Å². The van der Waals surface area contributed by atoms with Gasteiger partial charge in [-0.3, -0.25) is 14.6 Å². The molecule has 1 atom stereocenters. The zero-order chi connectivity index (χ0) is 15.6. The minimum Gasteiger partial charge on any atom is -0.481 e. The standard InChI is InChI=1S/C16H16N2O3S/c19-14(20)5-3-8-18-15(21)11-10-22-16-7-2-1-4-13(16)17-9-6-12(11)16/h1-2,4,6-7,9H,3,5,8,10H2,(H,18,21)(H,19,20). The number of nitrogens with zero attached hydrogens (tertiary/aromatic N) is 1. The van der Waals surface area contributed by atoms with Crippen molar-refractivity contribution in [1.29, 1.82) is 0 Å². The molecule has 1 amide bonds. The molecule has 3 rings (SSSR count). The lowest BCUT2D eigenvalue weighted by atomic mass is 9.85. The molecule has 114 valence electrons. The fourth-order valence-corrected chi connectivity index (χ4v) is 4.20. The van der Waals surface area contributed by atoms with E-state index < -0.39 is 5.97 Å². The van der Waals surface area contributed by atoms with Gasteiger partial charge in [0.15, 0.2) is 0 Å². The number of carboxylic acids is 1. The topological polar surface area (TPSA) is 78.8 Å². The highest BCUT2D eigenvalue weighted by Gasteiger charge is 2.45. The van der Waals surface area contributed by atoms with Crippen molar-refractivity contribution < 1.29 is 14.7 Å². The van der Waals surface area contributed by atoms with Gasteiger partial charge in [0.2, 0.25) is 5.91 Å². The summed E-state index contributed by atoms with van der Waals surface area (Å²) in [6.07, 6.45) is 12.1. The first-order chi connectivity index (χ1) is 10.6. The van der Waals surface area contributed by atoms with E-state index in [0.717, 1.165) is 16.9 Å². The molecule has 2 N–H and O–H groups in total. The van der Waals surface area contributed by atoms with Gasteiger partial charge < -0.3 is 10.4 Å². The number of carboxylic acid groups (broad SMARTS) is 1. The van der Waals surface area contributed by atoms with Crippen LogP contribution in [0.1, 0.15) is 12.8 Å². The molecule has 0 saturated carbocycles. The van der Waals surface area contributed by atoms with E-state index in [0.29, 0.717) is 18.7 Å². The molecule has 2 heterocycles. The lowest BCUT2D eigenvalue weighted by Gasteiger charge is -2.31. The number of aliphatic carboxylic acids is 1. The molecule has 22 heavy (non-hydrogen) atoms. The maximum atomic E-state index is 12.4. The van der Waals surface area contributed by atoms with Crippen molar-refractivity contribution in [3.05, 3.63) is 47.7 Å².